The van der Waals surface area contributed by atoms with Crippen LogP contribution < -0.4 is 0 Å². The second kappa shape index (κ2) is 10.9. The van der Waals surface area contributed by atoms with Gasteiger partial charge >= 0.3 is 0 Å². The first-order chi connectivity index (χ1) is 15.4. The summed E-state index contributed by atoms with van der Waals surface area (Å²) < 4.78 is 11.1. The van der Waals surface area contributed by atoms with Crippen LogP contribution in [-0.4, -0.2) is 58.4 Å². The van der Waals surface area contributed by atoms with Crippen LogP contribution in [-0.2, 0) is 16.1 Å². The number of rotatable bonds is 10. The third-order valence-electron chi connectivity index (χ3n) is 5.74. The number of carbonyl (C=O) groups excluding carboxylic acids is 2. The van der Waals surface area contributed by atoms with Crippen LogP contribution in [0.2, 0.25) is 0 Å². The Hall–Kier alpha value is -3.20. The van der Waals surface area contributed by atoms with Gasteiger partial charge in [0, 0.05) is 36.9 Å². The molecule has 0 bridgehead atoms. The molecule has 32 heavy (non-hydrogen) atoms. The average Bonchev–Trinajstić information content (AvgIpc) is 3.50. The molecule has 0 radical (unpaired) electrons. The molecule has 2 amide bonds. The maximum absolute atomic E-state index is 13.3. The highest BCUT2D eigenvalue weighted by molar-refractivity contribution is 5.97. The van der Waals surface area contributed by atoms with Crippen LogP contribution in [0.3, 0.4) is 0 Å². The molecule has 2 atom stereocenters. The number of nitro benzene ring substituents is 1. The standard InChI is InChI=1S/C23H29N3O6/c1-3-17(2)25(23(28)18-8-10-19(11-9-18)26(29)30)16-22(27)24(14-20-6-4-12-31-20)15-21-7-5-13-32-21/h4,6,8-12,17,21H,3,5,7,13-16H2,1-2H3/t17-,21-/m0/s1. The van der Waals surface area contributed by atoms with Gasteiger partial charge in [-0.2, -0.15) is 0 Å². The molecule has 1 fully saturated rings. The maximum Gasteiger partial charge on any atom is 0.269 e. The van der Waals surface area contributed by atoms with Crippen LogP contribution in [0.1, 0.15) is 49.2 Å². The fraction of sp³-hybridized carbons (Fsp3) is 0.478. The Morgan fingerprint density at radius 2 is 2.00 bits per heavy atom. The quantitative estimate of drug-likeness (QED) is 0.410. The Morgan fingerprint density at radius 1 is 1.25 bits per heavy atom. The van der Waals surface area contributed by atoms with E-state index in [4.69, 9.17) is 9.15 Å². The van der Waals surface area contributed by atoms with Gasteiger partial charge in [-0.15, -0.1) is 0 Å². The number of non-ortho nitro benzene ring substituents is 1. The molecule has 172 valence electrons. The minimum Gasteiger partial charge on any atom is -0.467 e. The average molecular weight is 444 g/mol. The topological polar surface area (TPSA) is 106 Å². The van der Waals surface area contributed by atoms with E-state index in [0.717, 1.165) is 12.8 Å². The summed E-state index contributed by atoms with van der Waals surface area (Å²) in [6, 6.07) is 8.84. The molecular formula is C23H29N3O6. The largest absolute Gasteiger partial charge is 0.467 e. The molecule has 0 N–H and O–H groups in total. The van der Waals surface area contributed by atoms with Crippen LogP contribution in [0.5, 0.6) is 0 Å². The summed E-state index contributed by atoms with van der Waals surface area (Å²) in [5.41, 5.74) is 0.217. The Kier molecular flexibility index (Phi) is 7.99. The van der Waals surface area contributed by atoms with Crippen molar-refractivity contribution in [2.75, 3.05) is 19.7 Å². The predicted molar refractivity (Wildman–Crippen MR) is 117 cm³/mol. The number of carbonyl (C=O) groups is 2. The number of nitrogens with zero attached hydrogens (tertiary/aromatic N) is 3. The number of nitro groups is 1. The van der Waals surface area contributed by atoms with Gasteiger partial charge in [0.05, 0.1) is 23.8 Å². The van der Waals surface area contributed by atoms with E-state index in [1.807, 2.05) is 19.9 Å². The molecule has 0 aliphatic carbocycles. The molecule has 0 spiro atoms. The first-order valence-corrected chi connectivity index (χ1v) is 10.9. The van der Waals surface area contributed by atoms with Gasteiger partial charge in [0.2, 0.25) is 5.91 Å². The SMILES string of the molecule is CC[C@H](C)N(CC(=O)N(Cc1ccco1)C[C@@H]1CCCO1)C(=O)c1ccc([N+](=O)[O-])cc1. The number of hydrogen-bond acceptors (Lipinski definition) is 6. The summed E-state index contributed by atoms with van der Waals surface area (Å²) in [5, 5.41) is 10.9. The van der Waals surface area contributed by atoms with Crippen LogP contribution in [0.15, 0.2) is 47.1 Å². The van der Waals surface area contributed by atoms with Gasteiger partial charge in [-0.1, -0.05) is 6.92 Å². The van der Waals surface area contributed by atoms with Crippen LogP contribution >= 0.6 is 0 Å². The zero-order valence-corrected chi connectivity index (χ0v) is 18.4. The zero-order chi connectivity index (χ0) is 23.1. The van der Waals surface area contributed by atoms with Crippen molar-refractivity contribution in [3.05, 3.63) is 64.1 Å². The van der Waals surface area contributed by atoms with Gasteiger partial charge in [-0.05, 0) is 50.5 Å². The molecule has 1 saturated heterocycles. The highest BCUT2D eigenvalue weighted by Gasteiger charge is 2.28. The van der Waals surface area contributed by atoms with Gasteiger partial charge in [0.15, 0.2) is 0 Å². The summed E-state index contributed by atoms with van der Waals surface area (Å²) in [6.07, 6.45) is 4.05. The number of ether oxygens (including phenoxy) is 1. The van der Waals surface area contributed by atoms with E-state index in [1.165, 1.54) is 29.2 Å². The van der Waals surface area contributed by atoms with E-state index in [2.05, 4.69) is 0 Å². The van der Waals surface area contributed by atoms with E-state index in [-0.39, 0.29) is 36.2 Å². The summed E-state index contributed by atoms with van der Waals surface area (Å²) in [7, 11) is 0. The van der Waals surface area contributed by atoms with Crippen molar-refractivity contribution >= 4 is 17.5 Å². The molecule has 3 rings (SSSR count). The van der Waals surface area contributed by atoms with Crippen molar-refractivity contribution in [2.24, 2.45) is 0 Å². The molecule has 1 aromatic carbocycles. The Morgan fingerprint density at radius 3 is 2.56 bits per heavy atom. The van der Waals surface area contributed by atoms with Crippen molar-refractivity contribution in [3.63, 3.8) is 0 Å². The van der Waals surface area contributed by atoms with E-state index in [1.54, 1.807) is 17.2 Å². The van der Waals surface area contributed by atoms with Gasteiger partial charge in [0.1, 0.15) is 12.3 Å². The smallest absolute Gasteiger partial charge is 0.269 e. The monoisotopic (exact) mass is 443 g/mol. The van der Waals surface area contributed by atoms with Crippen LogP contribution in [0.25, 0.3) is 0 Å². The molecule has 1 aliphatic heterocycles. The molecule has 1 aliphatic rings. The van der Waals surface area contributed by atoms with E-state index in [0.29, 0.717) is 37.4 Å². The number of furan rings is 1. The minimum absolute atomic E-state index is 0.0312. The molecule has 9 heteroatoms. The van der Waals surface area contributed by atoms with Crippen LogP contribution in [0.4, 0.5) is 5.69 Å². The fourth-order valence-corrected chi connectivity index (χ4v) is 3.66. The zero-order valence-electron chi connectivity index (χ0n) is 18.4. The summed E-state index contributed by atoms with van der Waals surface area (Å²) >= 11 is 0. The van der Waals surface area contributed by atoms with Crippen LogP contribution in [0, 0.1) is 10.1 Å². The molecular weight excluding hydrogens is 414 g/mol. The Balaban J connectivity index is 1.77. The van der Waals surface area contributed by atoms with E-state index >= 15 is 0 Å². The Labute approximate surface area is 187 Å². The highest BCUT2D eigenvalue weighted by atomic mass is 16.6. The third kappa shape index (κ3) is 5.94. The second-order valence-corrected chi connectivity index (χ2v) is 7.98. The molecule has 0 unspecified atom stereocenters. The summed E-state index contributed by atoms with van der Waals surface area (Å²) in [6.45, 7) is 5.14. The van der Waals surface area contributed by atoms with Gasteiger partial charge in [-0.25, -0.2) is 0 Å². The highest BCUT2D eigenvalue weighted by Crippen LogP contribution is 2.19. The lowest BCUT2D eigenvalue weighted by Crippen LogP contribution is -2.47. The molecule has 2 heterocycles. The minimum atomic E-state index is -0.512. The first-order valence-electron chi connectivity index (χ1n) is 10.9. The summed E-state index contributed by atoms with van der Waals surface area (Å²) in [5.74, 6) is 0.123. The number of amides is 2. The molecule has 9 nitrogen and oxygen atoms in total. The van der Waals surface area contributed by atoms with Crippen molar-refractivity contribution in [1.29, 1.82) is 0 Å². The number of benzene rings is 1. The van der Waals surface area contributed by atoms with Crippen molar-refractivity contribution in [2.45, 2.75) is 51.8 Å². The van der Waals surface area contributed by atoms with Gasteiger partial charge in [-0.3, -0.25) is 19.7 Å². The normalized spacial score (nSPS) is 16.5. The number of hydrogen-bond donors (Lipinski definition) is 0. The third-order valence-corrected chi connectivity index (χ3v) is 5.74. The van der Waals surface area contributed by atoms with Crippen molar-refractivity contribution < 1.29 is 23.7 Å². The lowest BCUT2D eigenvalue weighted by molar-refractivity contribution is -0.384. The molecule has 2 aromatic rings. The predicted octanol–water partition coefficient (Wildman–Crippen LogP) is 3.64. The summed E-state index contributed by atoms with van der Waals surface area (Å²) in [4.78, 5) is 40.1. The first kappa shape index (κ1) is 23.5. The van der Waals surface area contributed by atoms with E-state index < -0.39 is 4.92 Å². The van der Waals surface area contributed by atoms with Gasteiger partial charge < -0.3 is 19.0 Å². The van der Waals surface area contributed by atoms with Crippen molar-refractivity contribution in [3.8, 4) is 0 Å². The van der Waals surface area contributed by atoms with E-state index in [9.17, 15) is 19.7 Å². The lowest BCUT2D eigenvalue weighted by Gasteiger charge is -2.32. The fourth-order valence-electron chi connectivity index (χ4n) is 3.66. The molecule has 1 aromatic heterocycles. The maximum atomic E-state index is 13.3. The Bertz CT molecular complexity index is 906. The van der Waals surface area contributed by atoms with Gasteiger partial charge in [0.25, 0.3) is 11.6 Å². The lowest BCUT2D eigenvalue weighted by atomic mass is 10.1. The molecule has 0 saturated carbocycles. The second-order valence-electron chi connectivity index (χ2n) is 7.98. The van der Waals surface area contributed by atoms with Crippen molar-refractivity contribution in [1.82, 2.24) is 9.80 Å².